The van der Waals surface area contributed by atoms with E-state index in [0.29, 0.717) is 42.5 Å². The molecule has 4 atom stereocenters. The third-order valence-corrected chi connectivity index (χ3v) is 13.9. The number of ether oxygens (including phenoxy) is 2. The van der Waals surface area contributed by atoms with Gasteiger partial charge < -0.3 is 29.3 Å². The van der Waals surface area contributed by atoms with Crippen molar-refractivity contribution in [1.29, 1.82) is 0 Å². The van der Waals surface area contributed by atoms with Gasteiger partial charge in [-0.15, -0.1) is 0 Å². The molecule has 12 heteroatoms. The average Bonchev–Trinajstić information content (AvgIpc) is 3.59. The highest BCUT2D eigenvalue weighted by molar-refractivity contribution is 6.06. The van der Waals surface area contributed by atoms with E-state index in [-0.39, 0.29) is 47.7 Å². The van der Waals surface area contributed by atoms with Crippen molar-refractivity contribution in [3.8, 4) is 17.2 Å². The average molecular weight is 800 g/mol. The van der Waals surface area contributed by atoms with Gasteiger partial charge in [-0.25, -0.2) is 4.39 Å². The van der Waals surface area contributed by atoms with Crippen molar-refractivity contribution in [3.63, 3.8) is 0 Å². The number of piperazine rings is 1. The number of carbonyl (C=O) groups excluding carboxylic acids is 3. The maximum Gasteiger partial charge on any atom is 0.255 e. The van der Waals surface area contributed by atoms with E-state index in [4.69, 9.17) is 9.47 Å². The third kappa shape index (κ3) is 6.75. The number of imide groups is 1. The maximum atomic E-state index is 16.4. The molecule has 0 saturated carbocycles. The van der Waals surface area contributed by atoms with Crippen LogP contribution in [0.5, 0.6) is 17.2 Å². The number of benzene rings is 4. The first-order valence-corrected chi connectivity index (χ1v) is 21.2. The van der Waals surface area contributed by atoms with Crippen molar-refractivity contribution < 1.29 is 33.4 Å². The van der Waals surface area contributed by atoms with Gasteiger partial charge in [0.1, 0.15) is 35.7 Å². The van der Waals surface area contributed by atoms with Crippen molar-refractivity contribution in [2.45, 2.75) is 69.0 Å². The zero-order valence-corrected chi connectivity index (χ0v) is 33.4. The van der Waals surface area contributed by atoms with Gasteiger partial charge in [0.05, 0.1) is 31.1 Å². The smallest absolute Gasteiger partial charge is 0.255 e. The van der Waals surface area contributed by atoms with Crippen LogP contribution in [-0.4, -0.2) is 97.7 Å². The minimum atomic E-state index is -0.659. The SMILES string of the molecule is COc1cc(N2CCC(CN3CCN4c5ccc6c(c5OC[C@@H]4C3)CN([C@@H]3CCC(=O)NC3=O)C6=O)CC2)c(F)cc1[C@@H]1c2ccc(O)cc2CC[C@@H]1c1ccccc1. The summed E-state index contributed by atoms with van der Waals surface area (Å²) in [4.78, 5) is 46.4. The summed E-state index contributed by atoms with van der Waals surface area (Å²) in [5.41, 5.74) is 7.23. The van der Waals surface area contributed by atoms with E-state index >= 15 is 4.39 Å². The van der Waals surface area contributed by atoms with Crippen LogP contribution in [-0.2, 0) is 22.6 Å². The van der Waals surface area contributed by atoms with E-state index < -0.39 is 11.9 Å². The summed E-state index contributed by atoms with van der Waals surface area (Å²) in [6, 6.07) is 23.0. The number of amides is 3. The highest BCUT2D eigenvalue weighted by Gasteiger charge is 2.43. The molecule has 3 amide bonds. The molecular weight excluding hydrogens is 750 g/mol. The summed E-state index contributed by atoms with van der Waals surface area (Å²) < 4.78 is 28.9. The number of carbonyl (C=O) groups is 3. The number of piperidine rings is 2. The predicted octanol–water partition coefficient (Wildman–Crippen LogP) is 5.96. The second-order valence-electron chi connectivity index (χ2n) is 17.2. The molecule has 0 aromatic heterocycles. The van der Waals surface area contributed by atoms with Crippen molar-refractivity contribution in [2.24, 2.45) is 5.92 Å². The lowest BCUT2D eigenvalue weighted by molar-refractivity contribution is -0.136. The number of hydrogen-bond donors (Lipinski definition) is 2. The molecule has 3 fully saturated rings. The Kier molecular flexibility index (Phi) is 9.70. The molecule has 1 aliphatic carbocycles. The number of nitrogens with one attached hydrogen (secondary N) is 1. The molecule has 4 aromatic carbocycles. The maximum absolute atomic E-state index is 16.4. The number of phenolic OH excluding ortho intramolecular Hbond substituents is 1. The lowest BCUT2D eigenvalue weighted by Gasteiger charge is -2.47. The molecule has 0 unspecified atom stereocenters. The van der Waals surface area contributed by atoms with E-state index in [9.17, 15) is 19.5 Å². The Balaban J connectivity index is 0.793. The van der Waals surface area contributed by atoms with Crippen molar-refractivity contribution >= 4 is 29.1 Å². The number of aromatic hydroxyl groups is 1. The van der Waals surface area contributed by atoms with Gasteiger partial charge in [-0.3, -0.25) is 24.6 Å². The van der Waals surface area contributed by atoms with Crippen LogP contribution in [0.2, 0.25) is 0 Å². The first-order chi connectivity index (χ1) is 28.7. The molecule has 0 spiro atoms. The molecule has 306 valence electrons. The van der Waals surface area contributed by atoms with Gasteiger partial charge in [-0.1, -0.05) is 36.4 Å². The van der Waals surface area contributed by atoms with Gasteiger partial charge in [0.25, 0.3) is 5.91 Å². The van der Waals surface area contributed by atoms with E-state index in [2.05, 4.69) is 44.3 Å². The number of halogens is 1. The number of hydrogen-bond acceptors (Lipinski definition) is 9. The minimum absolute atomic E-state index is 0.116. The van der Waals surface area contributed by atoms with Crippen LogP contribution in [0.15, 0.2) is 72.8 Å². The van der Waals surface area contributed by atoms with E-state index in [1.54, 1.807) is 24.1 Å². The highest BCUT2D eigenvalue weighted by Crippen LogP contribution is 2.50. The van der Waals surface area contributed by atoms with Gasteiger partial charge >= 0.3 is 0 Å². The molecular formula is C47H50FN5O6. The van der Waals surface area contributed by atoms with Crippen LogP contribution in [0.4, 0.5) is 15.8 Å². The molecule has 0 bridgehead atoms. The van der Waals surface area contributed by atoms with Gasteiger partial charge in [0, 0.05) is 74.4 Å². The summed E-state index contributed by atoms with van der Waals surface area (Å²) in [6.07, 6.45) is 4.21. The van der Waals surface area contributed by atoms with Gasteiger partial charge in [0.2, 0.25) is 11.8 Å². The normalized spacial score (nSPS) is 24.5. The number of nitrogens with zero attached hydrogens (tertiary/aromatic N) is 4. The van der Waals surface area contributed by atoms with Crippen molar-refractivity contribution in [2.75, 3.05) is 62.8 Å². The Morgan fingerprint density at radius 3 is 2.49 bits per heavy atom. The molecule has 0 radical (unpaired) electrons. The Morgan fingerprint density at radius 2 is 1.69 bits per heavy atom. The quantitative estimate of drug-likeness (QED) is 0.219. The number of methoxy groups -OCH3 is 1. The van der Waals surface area contributed by atoms with Crippen LogP contribution < -0.4 is 24.6 Å². The molecule has 5 heterocycles. The highest BCUT2D eigenvalue weighted by atomic mass is 19.1. The van der Waals surface area contributed by atoms with Crippen LogP contribution in [0.3, 0.4) is 0 Å². The first-order valence-electron chi connectivity index (χ1n) is 21.2. The Morgan fingerprint density at radius 1 is 0.864 bits per heavy atom. The molecule has 10 rings (SSSR count). The fourth-order valence-electron chi connectivity index (χ4n) is 10.9. The fourth-order valence-corrected chi connectivity index (χ4v) is 10.9. The zero-order chi connectivity index (χ0) is 40.4. The monoisotopic (exact) mass is 799 g/mol. The summed E-state index contributed by atoms with van der Waals surface area (Å²) in [7, 11) is 1.67. The zero-order valence-electron chi connectivity index (χ0n) is 33.4. The number of phenols is 1. The predicted molar refractivity (Wildman–Crippen MR) is 221 cm³/mol. The third-order valence-electron chi connectivity index (χ3n) is 13.9. The lowest BCUT2D eigenvalue weighted by Crippen LogP contribution is -2.58. The van der Waals surface area contributed by atoms with Gasteiger partial charge in [-0.05, 0) is 91.0 Å². The molecule has 6 aliphatic rings. The van der Waals surface area contributed by atoms with E-state index in [1.807, 2.05) is 36.4 Å². The van der Waals surface area contributed by atoms with Crippen LogP contribution in [0.1, 0.15) is 82.1 Å². The second kappa shape index (κ2) is 15.2. The van der Waals surface area contributed by atoms with Crippen LogP contribution in [0.25, 0.3) is 0 Å². The molecule has 11 nitrogen and oxygen atoms in total. The topological polar surface area (TPSA) is 115 Å². The Hall–Kier alpha value is -5.62. The van der Waals surface area contributed by atoms with Crippen LogP contribution in [0, 0.1) is 11.7 Å². The molecule has 59 heavy (non-hydrogen) atoms. The summed E-state index contributed by atoms with van der Waals surface area (Å²) in [5.74, 6) is 1.06. The number of aryl methyl sites for hydroxylation is 1. The molecule has 2 N–H and O–H groups in total. The largest absolute Gasteiger partial charge is 0.508 e. The van der Waals surface area contributed by atoms with Gasteiger partial charge in [-0.2, -0.15) is 0 Å². The number of anilines is 2. The first kappa shape index (κ1) is 37.6. The Labute approximate surface area is 343 Å². The summed E-state index contributed by atoms with van der Waals surface area (Å²) in [5, 5.41) is 12.7. The second-order valence-corrected chi connectivity index (χ2v) is 17.2. The Bertz CT molecular complexity index is 2310. The summed E-state index contributed by atoms with van der Waals surface area (Å²) >= 11 is 0. The van der Waals surface area contributed by atoms with Gasteiger partial charge in [0.15, 0.2) is 0 Å². The van der Waals surface area contributed by atoms with Crippen molar-refractivity contribution in [1.82, 2.24) is 15.1 Å². The molecule has 3 saturated heterocycles. The van der Waals surface area contributed by atoms with Crippen molar-refractivity contribution in [3.05, 3.63) is 112 Å². The van der Waals surface area contributed by atoms with Crippen LogP contribution >= 0.6 is 0 Å². The molecule has 4 aromatic rings. The standard InChI is InChI=1S/C47H50FN5O6/c1-58-42-23-41(38(48)22-36(42)44-33(29-5-3-2-4-6-29)9-7-30-21-32(54)8-10-34(30)44)51-17-15-28(16-18-51)24-50-19-20-52-31(25-50)27-59-45-37-26-53(40-13-14-43(55)49-46(40)56)47(57)35(37)11-12-39(45)52/h2-6,8,10-12,21-23,28,31,33,40,44,54H,7,9,13-20,24-27H2,1H3,(H,49,55,56)/t31-,33+,40+,44-/m0/s1. The molecule has 5 aliphatic heterocycles. The summed E-state index contributed by atoms with van der Waals surface area (Å²) in [6.45, 7) is 5.96. The minimum Gasteiger partial charge on any atom is -0.508 e. The van der Waals surface area contributed by atoms with E-state index in [1.165, 1.54) is 5.56 Å². The van der Waals surface area contributed by atoms with E-state index in [0.717, 1.165) is 98.6 Å². The number of fused-ring (bicyclic) bond motifs is 6. The number of rotatable bonds is 7. The lowest BCUT2D eigenvalue weighted by atomic mass is 9.69. The fraction of sp³-hybridized carbons (Fsp3) is 0.426.